The number of halogens is 2. The van der Waals surface area contributed by atoms with Crippen LogP contribution in [0.15, 0.2) is 42.5 Å². The number of nitrogens with zero attached hydrogens (tertiary/aromatic N) is 4. The van der Waals surface area contributed by atoms with E-state index in [1.165, 1.54) is 6.07 Å². The second-order valence-electron chi connectivity index (χ2n) is 7.44. The van der Waals surface area contributed by atoms with Crippen molar-refractivity contribution in [3.05, 3.63) is 59.7 Å². The van der Waals surface area contributed by atoms with Crippen molar-refractivity contribution in [3.8, 4) is 28.9 Å². The first-order valence-corrected chi connectivity index (χ1v) is 9.93. The Morgan fingerprint density at radius 2 is 1.84 bits per heavy atom. The summed E-state index contributed by atoms with van der Waals surface area (Å²) in [4.78, 5) is 13.8. The van der Waals surface area contributed by atoms with E-state index < -0.39 is 17.5 Å². The summed E-state index contributed by atoms with van der Waals surface area (Å²) in [5, 5.41) is 13.6. The van der Waals surface area contributed by atoms with Crippen LogP contribution in [0.4, 0.5) is 14.6 Å². The van der Waals surface area contributed by atoms with E-state index in [1.807, 2.05) is 0 Å². The predicted molar refractivity (Wildman–Crippen MR) is 112 cm³/mol. The number of rotatable bonds is 5. The lowest BCUT2D eigenvalue weighted by Crippen LogP contribution is -2.32. The molecule has 0 unspecified atom stereocenters. The van der Waals surface area contributed by atoms with Crippen molar-refractivity contribution in [1.82, 2.24) is 14.7 Å². The number of likely N-dealkylation sites (tertiary alicyclic amines) is 1. The molecule has 2 aromatic carbocycles. The number of hydrogen-bond donors (Lipinski definition) is 2. The summed E-state index contributed by atoms with van der Waals surface area (Å²) in [7, 11) is 0. The van der Waals surface area contributed by atoms with Gasteiger partial charge in [-0.15, -0.1) is 0 Å². The van der Waals surface area contributed by atoms with Gasteiger partial charge in [-0.2, -0.15) is 10.4 Å². The first-order chi connectivity index (χ1) is 15.4. The van der Waals surface area contributed by atoms with Gasteiger partial charge in [0.1, 0.15) is 28.6 Å². The van der Waals surface area contributed by atoms with E-state index in [0.717, 1.165) is 12.1 Å². The fraction of sp³-hybridized carbons (Fsp3) is 0.227. The zero-order valence-electron chi connectivity index (χ0n) is 17.0. The fourth-order valence-corrected chi connectivity index (χ4v) is 3.75. The van der Waals surface area contributed by atoms with E-state index in [9.17, 15) is 13.6 Å². The number of piperidine rings is 1. The Kier molecular flexibility index (Phi) is 5.64. The zero-order valence-corrected chi connectivity index (χ0v) is 17.0. The number of anilines is 1. The molecule has 164 valence electrons. The summed E-state index contributed by atoms with van der Waals surface area (Å²) in [5.74, 6) is -1.84. The lowest BCUT2D eigenvalue weighted by atomic mass is 10.1. The third-order valence-electron chi connectivity index (χ3n) is 5.40. The van der Waals surface area contributed by atoms with Crippen LogP contribution in [0.2, 0.25) is 0 Å². The topological polar surface area (TPSA) is 123 Å². The molecule has 10 heteroatoms. The molecule has 1 aliphatic rings. The minimum atomic E-state index is -0.820. The van der Waals surface area contributed by atoms with Crippen LogP contribution in [-0.4, -0.2) is 33.7 Å². The van der Waals surface area contributed by atoms with Crippen LogP contribution in [0.1, 0.15) is 29.2 Å². The number of nitriles is 1. The van der Waals surface area contributed by atoms with Crippen molar-refractivity contribution in [2.24, 2.45) is 5.73 Å². The Bertz CT molecular complexity index is 1190. The molecule has 1 fully saturated rings. The van der Waals surface area contributed by atoms with E-state index in [0.29, 0.717) is 42.9 Å². The Morgan fingerprint density at radius 1 is 1.16 bits per heavy atom. The molecular formula is C22H20F2N6O2. The van der Waals surface area contributed by atoms with E-state index in [1.54, 1.807) is 33.8 Å². The van der Waals surface area contributed by atoms with E-state index in [2.05, 4.69) is 11.3 Å². The normalized spacial score (nSPS) is 14.2. The molecule has 0 aliphatic carbocycles. The van der Waals surface area contributed by atoms with Crippen LogP contribution in [0.3, 0.4) is 0 Å². The van der Waals surface area contributed by atoms with Gasteiger partial charge in [0.15, 0.2) is 17.8 Å². The number of aromatic nitrogens is 2. The Morgan fingerprint density at radius 3 is 2.44 bits per heavy atom. The average Bonchev–Trinajstić information content (AvgIpc) is 3.13. The van der Waals surface area contributed by atoms with Gasteiger partial charge < -0.3 is 21.1 Å². The molecule has 3 aromatic rings. The molecule has 1 amide bonds. The van der Waals surface area contributed by atoms with Crippen molar-refractivity contribution in [2.45, 2.75) is 18.9 Å². The van der Waals surface area contributed by atoms with Crippen LogP contribution >= 0.6 is 0 Å². The van der Waals surface area contributed by atoms with Crippen LogP contribution in [0, 0.1) is 23.1 Å². The minimum absolute atomic E-state index is 0.0597. The third kappa shape index (κ3) is 4.05. The highest BCUT2D eigenvalue weighted by Gasteiger charge is 2.27. The number of amides is 1. The maximum atomic E-state index is 13.8. The second kappa shape index (κ2) is 8.55. The smallest absolute Gasteiger partial charge is 0.254 e. The standard InChI is InChI=1S/C22H20F2N6O2/c23-14-3-6-18(17(24)11-14)32-16-4-1-13(2-5-16)20-19(22(27)31)21(26)30(28-20)15-7-9-29(12-25)10-8-15/h1-6,11,15H,7-10,26H2,(H2,27,31). The van der Waals surface area contributed by atoms with E-state index >= 15 is 0 Å². The average molecular weight is 438 g/mol. The van der Waals surface area contributed by atoms with Crippen LogP contribution in [-0.2, 0) is 0 Å². The number of nitrogens with two attached hydrogens (primary N) is 2. The SMILES string of the molecule is N#CN1CCC(n2nc(-c3ccc(Oc4ccc(F)cc4F)cc3)c(C(N)=O)c2N)CC1. The van der Waals surface area contributed by atoms with Gasteiger partial charge in [-0.05, 0) is 49.2 Å². The Hall–Kier alpha value is -4.13. The summed E-state index contributed by atoms with van der Waals surface area (Å²) >= 11 is 0. The summed E-state index contributed by atoms with van der Waals surface area (Å²) < 4.78 is 34.0. The van der Waals surface area contributed by atoms with E-state index in [4.69, 9.17) is 21.5 Å². The van der Waals surface area contributed by atoms with Crippen molar-refractivity contribution >= 4 is 11.7 Å². The predicted octanol–water partition coefficient (Wildman–Crippen LogP) is 3.42. The molecule has 0 atom stereocenters. The lowest BCUT2D eigenvalue weighted by molar-refractivity contribution is 0.100. The number of hydrogen-bond acceptors (Lipinski definition) is 6. The van der Waals surface area contributed by atoms with Crippen LogP contribution in [0.25, 0.3) is 11.3 Å². The first-order valence-electron chi connectivity index (χ1n) is 9.93. The van der Waals surface area contributed by atoms with Gasteiger partial charge in [0.05, 0.1) is 6.04 Å². The van der Waals surface area contributed by atoms with Gasteiger partial charge in [-0.1, -0.05) is 0 Å². The molecule has 4 N–H and O–H groups in total. The summed E-state index contributed by atoms with van der Waals surface area (Å²) in [5.41, 5.74) is 12.8. The maximum absolute atomic E-state index is 13.8. The molecule has 8 nitrogen and oxygen atoms in total. The Labute approximate surface area is 182 Å². The zero-order chi connectivity index (χ0) is 22.8. The number of carbonyl (C=O) groups excluding carboxylic acids is 1. The molecule has 2 heterocycles. The third-order valence-corrected chi connectivity index (χ3v) is 5.40. The largest absolute Gasteiger partial charge is 0.454 e. The second-order valence-corrected chi connectivity index (χ2v) is 7.44. The molecule has 0 bridgehead atoms. The molecule has 0 radical (unpaired) electrons. The number of carbonyl (C=O) groups is 1. The number of primary amides is 1. The number of nitrogen functional groups attached to an aromatic ring is 1. The van der Waals surface area contributed by atoms with Crippen molar-refractivity contribution in [1.29, 1.82) is 5.26 Å². The molecule has 1 aromatic heterocycles. The maximum Gasteiger partial charge on any atom is 0.254 e. The monoisotopic (exact) mass is 438 g/mol. The Balaban J connectivity index is 1.61. The van der Waals surface area contributed by atoms with Crippen LogP contribution < -0.4 is 16.2 Å². The minimum Gasteiger partial charge on any atom is -0.454 e. The van der Waals surface area contributed by atoms with Gasteiger partial charge in [0, 0.05) is 24.7 Å². The van der Waals surface area contributed by atoms with Crippen molar-refractivity contribution in [2.75, 3.05) is 18.8 Å². The molecule has 0 spiro atoms. The van der Waals surface area contributed by atoms with Gasteiger partial charge in [-0.25, -0.2) is 13.5 Å². The summed E-state index contributed by atoms with van der Waals surface area (Å²) in [6.45, 7) is 1.15. The molecule has 1 saturated heterocycles. The highest BCUT2D eigenvalue weighted by atomic mass is 19.1. The van der Waals surface area contributed by atoms with Crippen molar-refractivity contribution in [3.63, 3.8) is 0 Å². The molecular weight excluding hydrogens is 418 g/mol. The number of ether oxygens (including phenoxy) is 1. The van der Waals surface area contributed by atoms with Gasteiger partial charge in [0.25, 0.3) is 5.91 Å². The van der Waals surface area contributed by atoms with E-state index in [-0.39, 0.29) is 23.2 Å². The molecule has 32 heavy (non-hydrogen) atoms. The lowest BCUT2D eigenvalue weighted by Gasteiger charge is -2.28. The summed E-state index contributed by atoms with van der Waals surface area (Å²) in [6.07, 6.45) is 3.44. The first kappa shape index (κ1) is 21.1. The summed E-state index contributed by atoms with van der Waals surface area (Å²) in [6, 6.07) is 9.41. The van der Waals surface area contributed by atoms with Crippen LogP contribution in [0.5, 0.6) is 11.5 Å². The fourth-order valence-electron chi connectivity index (χ4n) is 3.75. The molecule has 1 aliphatic heterocycles. The highest BCUT2D eigenvalue weighted by molar-refractivity contribution is 6.03. The molecule has 0 saturated carbocycles. The van der Waals surface area contributed by atoms with Gasteiger partial charge in [0.2, 0.25) is 0 Å². The highest BCUT2D eigenvalue weighted by Crippen LogP contribution is 2.34. The van der Waals surface area contributed by atoms with Crippen molar-refractivity contribution < 1.29 is 18.3 Å². The van der Waals surface area contributed by atoms with Gasteiger partial charge >= 0.3 is 0 Å². The number of benzene rings is 2. The molecule has 4 rings (SSSR count). The van der Waals surface area contributed by atoms with Gasteiger partial charge in [-0.3, -0.25) is 4.79 Å². The quantitative estimate of drug-likeness (QED) is 0.589.